The van der Waals surface area contributed by atoms with Crippen molar-refractivity contribution in [1.82, 2.24) is 14.8 Å². The zero-order valence-electron chi connectivity index (χ0n) is 19.8. The molecule has 36 heavy (non-hydrogen) atoms. The number of alkyl halides is 6. The van der Waals surface area contributed by atoms with Crippen LogP contribution in [-0.2, 0) is 12.1 Å². The Kier molecular flexibility index (Phi) is 7.20. The third-order valence-corrected chi connectivity index (χ3v) is 5.61. The molecular weight excluding hydrogens is 486 g/mol. The lowest BCUT2D eigenvalue weighted by Gasteiger charge is -2.34. The van der Waals surface area contributed by atoms with Crippen LogP contribution >= 0.6 is 0 Å². The highest BCUT2D eigenvalue weighted by atomic mass is 19.4. The van der Waals surface area contributed by atoms with Gasteiger partial charge < -0.3 is 5.32 Å². The van der Waals surface area contributed by atoms with Crippen molar-refractivity contribution in [2.45, 2.75) is 51.9 Å². The Labute approximate surface area is 203 Å². The van der Waals surface area contributed by atoms with Gasteiger partial charge in [0.05, 0.1) is 11.3 Å². The molecule has 0 aliphatic carbocycles. The summed E-state index contributed by atoms with van der Waals surface area (Å²) in [7, 11) is 0. The van der Waals surface area contributed by atoms with Gasteiger partial charge in [0.2, 0.25) is 0 Å². The van der Waals surface area contributed by atoms with Crippen molar-refractivity contribution >= 4 is 11.6 Å². The van der Waals surface area contributed by atoms with E-state index in [0.29, 0.717) is 17.3 Å². The van der Waals surface area contributed by atoms with Crippen LogP contribution in [0.3, 0.4) is 0 Å². The molecule has 3 aromatic rings. The Morgan fingerprint density at radius 2 is 1.81 bits per heavy atom. The number of hydrogen-bond donors (Lipinski definition) is 1. The summed E-state index contributed by atoms with van der Waals surface area (Å²) >= 11 is 0. The summed E-state index contributed by atoms with van der Waals surface area (Å²) in [5.74, 6) is 0.257. The van der Waals surface area contributed by atoms with Crippen molar-refractivity contribution < 1.29 is 31.1 Å². The van der Waals surface area contributed by atoms with Crippen molar-refractivity contribution in [1.29, 1.82) is 0 Å². The Balaban J connectivity index is 2.03. The second kappa shape index (κ2) is 9.68. The Morgan fingerprint density at radius 3 is 2.33 bits per heavy atom. The first-order valence-electron chi connectivity index (χ1n) is 10.7. The molecule has 0 radical (unpaired) electrons. The summed E-state index contributed by atoms with van der Waals surface area (Å²) in [6.07, 6.45) is -3.02. The van der Waals surface area contributed by atoms with E-state index >= 15 is 0 Å². The summed E-state index contributed by atoms with van der Waals surface area (Å²) in [6.45, 7) is 4.36. The molecule has 1 aromatic heterocycles. The van der Waals surface area contributed by atoms with Gasteiger partial charge in [-0.05, 0) is 55.7 Å². The van der Waals surface area contributed by atoms with E-state index in [0.717, 1.165) is 6.07 Å². The van der Waals surface area contributed by atoms with Crippen LogP contribution in [0, 0.1) is 18.8 Å². The summed E-state index contributed by atoms with van der Waals surface area (Å²) in [4.78, 5) is 16.9. The van der Waals surface area contributed by atoms with Crippen molar-refractivity contribution in [2.24, 2.45) is 0 Å². The molecule has 1 heterocycles. The summed E-state index contributed by atoms with van der Waals surface area (Å²) in [6, 6.07) is 6.00. The molecule has 11 heteroatoms. The number of benzene rings is 2. The van der Waals surface area contributed by atoms with E-state index in [9.17, 15) is 31.1 Å². The molecule has 2 aromatic carbocycles. The highest BCUT2D eigenvalue weighted by Gasteiger charge is 2.70. The zero-order chi connectivity index (χ0) is 26.9. The summed E-state index contributed by atoms with van der Waals surface area (Å²) in [5, 5.41) is 6.65. The Morgan fingerprint density at radius 1 is 1.11 bits per heavy atom. The molecule has 0 saturated heterocycles. The van der Waals surface area contributed by atoms with Crippen molar-refractivity contribution in [3.63, 3.8) is 0 Å². The number of amides is 1. The van der Waals surface area contributed by atoms with Crippen LogP contribution < -0.4 is 5.32 Å². The van der Waals surface area contributed by atoms with Gasteiger partial charge in [0.25, 0.3) is 17.5 Å². The molecule has 0 spiro atoms. The minimum atomic E-state index is -5.87. The second-order valence-corrected chi connectivity index (χ2v) is 8.13. The maximum absolute atomic E-state index is 15.0. The molecule has 3 rings (SSSR count). The van der Waals surface area contributed by atoms with Gasteiger partial charge in [0.15, 0.2) is 0 Å². The standard InChI is InChI=1S/C25H22F6N4O/c1-5-7-17-11-18(8-9-20(17)35-14-32-13-33-35)22(36)34-21-15(3)10-19(12-16(21)6-2)24(28,23(4,26)27)25(29,30)31/h8-14H,6H2,1-4H3,(H,34,36). The fraction of sp³-hybridized carbons (Fsp3) is 0.320. The van der Waals surface area contributed by atoms with Crippen LogP contribution in [0.4, 0.5) is 32.0 Å². The van der Waals surface area contributed by atoms with Gasteiger partial charge in [-0.25, -0.2) is 22.8 Å². The third-order valence-electron chi connectivity index (χ3n) is 5.61. The lowest BCUT2D eigenvalue weighted by molar-refractivity contribution is -0.304. The van der Waals surface area contributed by atoms with Crippen LogP contribution in [0.25, 0.3) is 5.69 Å². The monoisotopic (exact) mass is 508 g/mol. The average Bonchev–Trinajstić information content (AvgIpc) is 3.33. The average molecular weight is 508 g/mol. The lowest BCUT2D eigenvalue weighted by atomic mass is 9.86. The van der Waals surface area contributed by atoms with Gasteiger partial charge in [-0.2, -0.15) is 18.3 Å². The first kappa shape index (κ1) is 26.8. The predicted octanol–water partition coefficient (Wildman–Crippen LogP) is 6.14. The van der Waals surface area contributed by atoms with Gasteiger partial charge in [-0.1, -0.05) is 18.9 Å². The fourth-order valence-electron chi connectivity index (χ4n) is 3.81. The van der Waals surface area contributed by atoms with E-state index in [1.54, 1.807) is 19.9 Å². The van der Waals surface area contributed by atoms with E-state index in [-0.39, 0.29) is 35.7 Å². The van der Waals surface area contributed by atoms with Crippen LogP contribution in [0.1, 0.15) is 53.4 Å². The van der Waals surface area contributed by atoms with Gasteiger partial charge in [0.1, 0.15) is 12.7 Å². The molecule has 0 saturated carbocycles. The minimum absolute atomic E-state index is 0.000957. The number of carbonyl (C=O) groups is 1. The SMILES string of the molecule is CC#Cc1cc(C(=O)Nc2c(C)cc(C(F)(C(C)(F)F)C(F)(F)F)cc2CC)ccc1-n1cncn1. The zero-order valence-corrected chi connectivity index (χ0v) is 19.8. The van der Waals surface area contributed by atoms with E-state index in [2.05, 4.69) is 27.2 Å². The Hall–Kier alpha value is -3.81. The van der Waals surface area contributed by atoms with Crippen LogP contribution in [0.5, 0.6) is 0 Å². The largest absolute Gasteiger partial charge is 0.432 e. The molecule has 1 N–H and O–H groups in total. The maximum atomic E-state index is 15.0. The highest BCUT2D eigenvalue weighted by molar-refractivity contribution is 6.05. The molecule has 1 unspecified atom stereocenters. The third kappa shape index (κ3) is 4.80. The van der Waals surface area contributed by atoms with E-state index in [4.69, 9.17) is 0 Å². The first-order valence-corrected chi connectivity index (χ1v) is 10.7. The molecule has 1 atom stereocenters. The number of halogens is 6. The highest BCUT2D eigenvalue weighted by Crippen LogP contribution is 2.53. The fourth-order valence-corrected chi connectivity index (χ4v) is 3.81. The summed E-state index contributed by atoms with van der Waals surface area (Å²) in [5.41, 5.74) is -4.73. The van der Waals surface area contributed by atoms with Crippen LogP contribution in [0.15, 0.2) is 43.0 Å². The number of rotatable bonds is 6. The van der Waals surface area contributed by atoms with Gasteiger partial charge in [0, 0.05) is 23.7 Å². The molecule has 190 valence electrons. The number of aryl methyl sites for hydroxylation is 2. The normalized spacial score (nSPS) is 13.5. The summed E-state index contributed by atoms with van der Waals surface area (Å²) < 4.78 is 84.7. The minimum Gasteiger partial charge on any atom is -0.321 e. The molecule has 0 aliphatic rings. The van der Waals surface area contributed by atoms with E-state index in [1.807, 2.05) is 0 Å². The number of nitrogens with zero attached hydrogens (tertiary/aromatic N) is 3. The van der Waals surface area contributed by atoms with Crippen LogP contribution in [-0.4, -0.2) is 32.8 Å². The number of anilines is 1. The Bertz CT molecular complexity index is 1320. The van der Waals surface area contributed by atoms with Gasteiger partial charge in [-0.15, -0.1) is 5.92 Å². The molecular formula is C25H22F6N4O. The number of carbonyl (C=O) groups excluding carboxylic acids is 1. The number of hydrogen-bond acceptors (Lipinski definition) is 3. The number of nitrogens with one attached hydrogen (secondary N) is 1. The molecule has 0 aliphatic heterocycles. The lowest BCUT2D eigenvalue weighted by Crippen LogP contribution is -2.51. The van der Waals surface area contributed by atoms with Crippen molar-refractivity contribution in [2.75, 3.05) is 5.32 Å². The van der Waals surface area contributed by atoms with E-state index < -0.39 is 29.2 Å². The topological polar surface area (TPSA) is 59.8 Å². The van der Waals surface area contributed by atoms with Crippen molar-refractivity contribution in [3.05, 3.63) is 70.8 Å². The second-order valence-electron chi connectivity index (χ2n) is 8.13. The number of aromatic nitrogens is 3. The molecule has 0 bridgehead atoms. The molecule has 5 nitrogen and oxygen atoms in total. The van der Waals surface area contributed by atoms with E-state index in [1.165, 1.54) is 36.4 Å². The van der Waals surface area contributed by atoms with Crippen LogP contribution in [0.2, 0.25) is 0 Å². The predicted molar refractivity (Wildman–Crippen MR) is 122 cm³/mol. The molecule has 1 amide bonds. The molecule has 0 fully saturated rings. The quantitative estimate of drug-likeness (QED) is 0.321. The smallest absolute Gasteiger partial charge is 0.321 e. The van der Waals surface area contributed by atoms with Gasteiger partial charge >= 0.3 is 6.18 Å². The first-order chi connectivity index (χ1) is 16.7. The van der Waals surface area contributed by atoms with Gasteiger partial charge in [-0.3, -0.25) is 4.79 Å². The van der Waals surface area contributed by atoms with Crippen molar-refractivity contribution in [3.8, 4) is 17.5 Å². The maximum Gasteiger partial charge on any atom is 0.432 e.